The van der Waals surface area contributed by atoms with E-state index < -0.39 is 18.1 Å². The summed E-state index contributed by atoms with van der Waals surface area (Å²) in [4.78, 5) is 27.1. The number of alkyl carbamates (subject to hydrolysis) is 1. The minimum absolute atomic E-state index is 0.0834. The van der Waals surface area contributed by atoms with Gasteiger partial charge in [0.25, 0.3) is 0 Å². The molecule has 0 bridgehead atoms. The molecule has 0 spiro atoms. The molecule has 27 heavy (non-hydrogen) atoms. The zero-order valence-corrected chi connectivity index (χ0v) is 15.0. The molecule has 0 aliphatic rings. The summed E-state index contributed by atoms with van der Waals surface area (Å²) < 4.78 is 15.6. The average molecular weight is 368 g/mol. The average Bonchev–Trinajstić information content (AvgIpc) is 3.09. The fourth-order valence-corrected chi connectivity index (χ4v) is 2.47. The van der Waals surface area contributed by atoms with Crippen molar-refractivity contribution >= 4 is 23.0 Å². The normalized spacial score (nSPS) is 11.6. The standard InChI is InChI=1S/C20H20N2O5/c1-13(19(23)27-18-11-21-17-6-4-3-5-16(17)18)22-20(24)26-12-14-7-9-15(25-2)10-8-14/h3-11,13,21H,12H2,1-2H3,(H,22,24)/t13-/m0/s1. The number of ether oxygens (including phenoxy) is 3. The van der Waals surface area contributed by atoms with E-state index in [2.05, 4.69) is 10.3 Å². The van der Waals surface area contributed by atoms with Gasteiger partial charge in [0.1, 0.15) is 18.4 Å². The van der Waals surface area contributed by atoms with E-state index in [1.165, 1.54) is 6.92 Å². The molecule has 1 amide bonds. The molecule has 0 saturated carbocycles. The number of amides is 1. The van der Waals surface area contributed by atoms with Crippen LogP contribution in [-0.2, 0) is 16.1 Å². The number of benzene rings is 2. The first kappa shape index (κ1) is 18.3. The monoisotopic (exact) mass is 368 g/mol. The van der Waals surface area contributed by atoms with Gasteiger partial charge in [-0.25, -0.2) is 9.59 Å². The Hall–Kier alpha value is -3.48. The molecule has 2 aromatic carbocycles. The molecule has 0 aliphatic heterocycles. The lowest BCUT2D eigenvalue weighted by Gasteiger charge is -2.13. The highest BCUT2D eigenvalue weighted by molar-refractivity contribution is 5.90. The molecule has 7 heteroatoms. The molecule has 0 saturated heterocycles. The van der Waals surface area contributed by atoms with E-state index in [1.54, 1.807) is 37.6 Å². The number of hydrogen-bond donors (Lipinski definition) is 2. The van der Waals surface area contributed by atoms with Crippen molar-refractivity contribution in [3.05, 3.63) is 60.3 Å². The molecule has 1 atom stereocenters. The Balaban J connectivity index is 1.50. The van der Waals surface area contributed by atoms with Gasteiger partial charge in [0.05, 0.1) is 7.11 Å². The van der Waals surface area contributed by atoms with Crippen LogP contribution in [0.15, 0.2) is 54.7 Å². The number of hydrogen-bond acceptors (Lipinski definition) is 5. The van der Waals surface area contributed by atoms with E-state index in [0.717, 1.165) is 22.2 Å². The molecule has 0 fully saturated rings. The Morgan fingerprint density at radius 3 is 2.59 bits per heavy atom. The third-order valence-electron chi connectivity index (χ3n) is 3.98. The Kier molecular flexibility index (Phi) is 5.61. The molecule has 7 nitrogen and oxygen atoms in total. The summed E-state index contributed by atoms with van der Waals surface area (Å²) >= 11 is 0. The van der Waals surface area contributed by atoms with Crippen LogP contribution in [-0.4, -0.2) is 30.2 Å². The molecule has 3 rings (SSSR count). The van der Waals surface area contributed by atoms with Crippen molar-refractivity contribution in [1.82, 2.24) is 10.3 Å². The fraction of sp³-hybridized carbons (Fsp3) is 0.200. The van der Waals surface area contributed by atoms with Gasteiger partial charge in [0, 0.05) is 17.1 Å². The summed E-state index contributed by atoms with van der Waals surface area (Å²) in [7, 11) is 1.58. The van der Waals surface area contributed by atoms with Gasteiger partial charge in [-0.15, -0.1) is 0 Å². The zero-order valence-electron chi connectivity index (χ0n) is 15.0. The first-order chi connectivity index (χ1) is 13.1. The second-order valence-electron chi connectivity index (χ2n) is 5.91. The second kappa shape index (κ2) is 8.27. The molecule has 1 aromatic heterocycles. The van der Waals surface area contributed by atoms with E-state index in [4.69, 9.17) is 14.2 Å². The molecule has 140 valence electrons. The summed E-state index contributed by atoms with van der Waals surface area (Å²) in [6, 6.07) is 13.7. The van der Waals surface area contributed by atoms with Gasteiger partial charge in [-0.05, 0) is 36.8 Å². The maximum Gasteiger partial charge on any atom is 0.408 e. The Bertz CT molecular complexity index is 933. The van der Waals surface area contributed by atoms with Crippen LogP contribution in [0.2, 0.25) is 0 Å². The van der Waals surface area contributed by atoms with Crippen LogP contribution < -0.4 is 14.8 Å². The molecule has 2 N–H and O–H groups in total. The van der Waals surface area contributed by atoms with E-state index in [9.17, 15) is 9.59 Å². The van der Waals surface area contributed by atoms with Crippen molar-refractivity contribution in [2.45, 2.75) is 19.6 Å². The number of methoxy groups -OCH3 is 1. The lowest BCUT2D eigenvalue weighted by atomic mass is 10.2. The topological polar surface area (TPSA) is 89.7 Å². The van der Waals surface area contributed by atoms with Gasteiger partial charge >= 0.3 is 12.1 Å². The highest BCUT2D eigenvalue weighted by atomic mass is 16.6. The lowest BCUT2D eigenvalue weighted by molar-refractivity contribution is -0.136. The van der Waals surface area contributed by atoms with Crippen molar-refractivity contribution in [3.8, 4) is 11.5 Å². The maximum absolute atomic E-state index is 12.2. The molecular formula is C20H20N2O5. The van der Waals surface area contributed by atoms with E-state index >= 15 is 0 Å². The number of rotatable bonds is 6. The first-order valence-corrected chi connectivity index (χ1v) is 8.41. The fourth-order valence-electron chi connectivity index (χ4n) is 2.47. The lowest BCUT2D eigenvalue weighted by Crippen LogP contribution is -2.41. The minimum atomic E-state index is -0.859. The second-order valence-corrected chi connectivity index (χ2v) is 5.91. The van der Waals surface area contributed by atoms with Crippen LogP contribution in [0.3, 0.4) is 0 Å². The predicted octanol–water partition coefficient (Wildman–Crippen LogP) is 3.40. The van der Waals surface area contributed by atoms with Crippen molar-refractivity contribution in [2.75, 3.05) is 7.11 Å². The number of fused-ring (bicyclic) bond motifs is 1. The number of aromatic nitrogens is 1. The van der Waals surface area contributed by atoms with Gasteiger partial charge in [-0.1, -0.05) is 24.3 Å². The highest BCUT2D eigenvalue weighted by Gasteiger charge is 2.20. The Labute approximate surface area is 156 Å². The molecule has 1 heterocycles. The van der Waals surface area contributed by atoms with E-state index in [-0.39, 0.29) is 6.61 Å². The molecule has 3 aromatic rings. The summed E-state index contributed by atoms with van der Waals surface area (Å²) in [5.41, 5.74) is 1.67. The number of para-hydroxylation sites is 1. The smallest absolute Gasteiger partial charge is 0.408 e. The summed E-state index contributed by atoms with van der Waals surface area (Å²) in [5, 5.41) is 3.25. The van der Waals surface area contributed by atoms with Gasteiger partial charge < -0.3 is 24.5 Å². The molecule has 0 unspecified atom stereocenters. The van der Waals surface area contributed by atoms with E-state index in [0.29, 0.717) is 5.75 Å². The number of nitrogens with one attached hydrogen (secondary N) is 2. The van der Waals surface area contributed by atoms with Crippen LogP contribution >= 0.6 is 0 Å². The number of esters is 1. The number of aromatic amines is 1. The number of H-pyrrole nitrogens is 1. The van der Waals surface area contributed by atoms with Gasteiger partial charge in [0.2, 0.25) is 0 Å². The van der Waals surface area contributed by atoms with Crippen molar-refractivity contribution < 1.29 is 23.8 Å². The van der Waals surface area contributed by atoms with Gasteiger partial charge in [0.15, 0.2) is 5.75 Å². The summed E-state index contributed by atoms with van der Waals surface area (Å²) in [6.45, 7) is 1.62. The van der Waals surface area contributed by atoms with Crippen molar-refractivity contribution in [2.24, 2.45) is 0 Å². The van der Waals surface area contributed by atoms with Crippen molar-refractivity contribution in [1.29, 1.82) is 0 Å². The summed E-state index contributed by atoms with van der Waals surface area (Å²) in [6.07, 6.45) is 0.909. The SMILES string of the molecule is COc1ccc(COC(=O)N[C@@H](C)C(=O)Oc2c[nH]c3ccccc23)cc1. The molecular weight excluding hydrogens is 348 g/mol. The Morgan fingerprint density at radius 2 is 1.85 bits per heavy atom. The maximum atomic E-state index is 12.2. The minimum Gasteiger partial charge on any atom is -0.497 e. The van der Waals surface area contributed by atoms with Crippen LogP contribution in [0.25, 0.3) is 10.9 Å². The largest absolute Gasteiger partial charge is 0.497 e. The highest BCUT2D eigenvalue weighted by Crippen LogP contribution is 2.25. The molecule has 0 aliphatic carbocycles. The summed E-state index contributed by atoms with van der Waals surface area (Å²) in [5.74, 6) is 0.550. The predicted molar refractivity (Wildman–Crippen MR) is 99.7 cm³/mol. The van der Waals surface area contributed by atoms with Gasteiger partial charge in [-0.3, -0.25) is 0 Å². The third-order valence-corrected chi connectivity index (χ3v) is 3.98. The number of carbonyl (C=O) groups excluding carboxylic acids is 2. The quantitative estimate of drug-likeness (QED) is 0.651. The van der Waals surface area contributed by atoms with Gasteiger partial charge in [-0.2, -0.15) is 0 Å². The van der Waals surface area contributed by atoms with Crippen LogP contribution in [0.5, 0.6) is 11.5 Å². The van der Waals surface area contributed by atoms with Crippen LogP contribution in [0, 0.1) is 0 Å². The first-order valence-electron chi connectivity index (χ1n) is 8.41. The van der Waals surface area contributed by atoms with Crippen LogP contribution in [0.1, 0.15) is 12.5 Å². The third kappa shape index (κ3) is 4.58. The Morgan fingerprint density at radius 1 is 1.11 bits per heavy atom. The van der Waals surface area contributed by atoms with Crippen LogP contribution in [0.4, 0.5) is 4.79 Å². The number of carbonyl (C=O) groups is 2. The van der Waals surface area contributed by atoms with Crippen molar-refractivity contribution in [3.63, 3.8) is 0 Å². The molecule has 0 radical (unpaired) electrons. The zero-order chi connectivity index (χ0) is 19.2. The van der Waals surface area contributed by atoms with E-state index in [1.807, 2.05) is 24.3 Å².